The zero-order valence-corrected chi connectivity index (χ0v) is 17.4. The van der Waals surface area contributed by atoms with Crippen molar-refractivity contribution in [3.05, 3.63) is 53.6 Å². The molecule has 1 aromatic heterocycles. The van der Waals surface area contributed by atoms with Crippen molar-refractivity contribution in [2.45, 2.75) is 50.8 Å². The van der Waals surface area contributed by atoms with Crippen LogP contribution < -0.4 is 14.8 Å². The summed E-state index contributed by atoms with van der Waals surface area (Å²) in [6, 6.07) is 9.96. The van der Waals surface area contributed by atoms with Crippen LogP contribution in [0.4, 0.5) is 4.39 Å². The molecule has 0 bridgehead atoms. The molecule has 160 valence electrons. The zero-order chi connectivity index (χ0) is 21.1. The van der Waals surface area contributed by atoms with Gasteiger partial charge < -0.3 is 19.7 Å². The largest absolute Gasteiger partial charge is 0.497 e. The number of hydrogen-bond donors (Lipinski definition) is 1. The summed E-state index contributed by atoms with van der Waals surface area (Å²) >= 11 is 0. The lowest BCUT2D eigenvalue weighted by Crippen LogP contribution is -2.45. The van der Waals surface area contributed by atoms with E-state index in [9.17, 15) is 9.18 Å². The molecule has 0 unspecified atom stereocenters. The number of amides is 1. The van der Waals surface area contributed by atoms with Crippen molar-refractivity contribution in [1.29, 1.82) is 0 Å². The third kappa shape index (κ3) is 4.73. The Morgan fingerprint density at radius 3 is 2.80 bits per heavy atom. The van der Waals surface area contributed by atoms with Gasteiger partial charge in [0.25, 0.3) is 0 Å². The molecule has 7 heteroatoms. The zero-order valence-electron chi connectivity index (χ0n) is 17.4. The number of carbonyl (C=O) groups excluding carboxylic acids is 1. The van der Waals surface area contributed by atoms with E-state index >= 15 is 0 Å². The fourth-order valence-electron chi connectivity index (χ4n) is 4.14. The standard InChI is InChI=1S/C23H28FN3O3/c1-15(28)27-10-7-17(8-11-27)26-21-13-19(21)20-12-18(29-2)5-6-22(20)30-14-16-4-3-9-25-23(16)24/h3-6,9,12,17,19,21,26H,7-8,10-11,13-14H2,1-2H3/t19-,21+/m0/s1. The normalized spacial score (nSPS) is 21.4. The number of pyridine rings is 1. The minimum absolute atomic E-state index is 0.132. The summed E-state index contributed by atoms with van der Waals surface area (Å²) in [4.78, 5) is 17.1. The summed E-state index contributed by atoms with van der Waals surface area (Å²) in [6.07, 6.45) is 4.41. The molecule has 1 amide bonds. The predicted octanol–water partition coefficient (Wildman–Crippen LogP) is 3.26. The van der Waals surface area contributed by atoms with Gasteiger partial charge in [0.05, 0.1) is 7.11 Å². The highest BCUT2D eigenvalue weighted by Gasteiger charge is 2.41. The number of methoxy groups -OCH3 is 1. The molecule has 1 aliphatic carbocycles. The first-order valence-corrected chi connectivity index (χ1v) is 10.5. The number of likely N-dealkylation sites (tertiary alicyclic amines) is 1. The molecule has 4 rings (SSSR count). The molecule has 0 spiro atoms. The number of ether oxygens (including phenoxy) is 2. The first-order valence-electron chi connectivity index (χ1n) is 10.5. The van der Waals surface area contributed by atoms with Crippen LogP contribution in [0.1, 0.15) is 43.2 Å². The fraction of sp³-hybridized carbons (Fsp3) is 0.478. The van der Waals surface area contributed by atoms with Gasteiger partial charge in [0, 0.05) is 55.3 Å². The van der Waals surface area contributed by atoms with Crippen molar-refractivity contribution in [3.8, 4) is 11.5 Å². The second-order valence-corrected chi connectivity index (χ2v) is 8.04. The van der Waals surface area contributed by atoms with Crippen LogP contribution in [0, 0.1) is 5.95 Å². The Balaban J connectivity index is 1.40. The van der Waals surface area contributed by atoms with Crippen LogP contribution in [0.5, 0.6) is 11.5 Å². The fourth-order valence-corrected chi connectivity index (χ4v) is 4.14. The minimum Gasteiger partial charge on any atom is -0.497 e. The van der Waals surface area contributed by atoms with Crippen molar-refractivity contribution in [1.82, 2.24) is 15.2 Å². The molecule has 1 aliphatic heterocycles. The van der Waals surface area contributed by atoms with E-state index in [-0.39, 0.29) is 12.5 Å². The first kappa shape index (κ1) is 20.6. The summed E-state index contributed by atoms with van der Waals surface area (Å²) < 4.78 is 25.2. The SMILES string of the molecule is COc1ccc(OCc2cccnc2F)c([C@@H]2C[C@H]2NC2CCN(C(C)=O)CC2)c1. The molecule has 1 saturated heterocycles. The third-order valence-electron chi connectivity index (χ3n) is 6.02. The van der Waals surface area contributed by atoms with Crippen LogP contribution in [0.3, 0.4) is 0 Å². The molecular formula is C23H28FN3O3. The number of piperidine rings is 1. The van der Waals surface area contributed by atoms with E-state index in [1.165, 1.54) is 6.20 Å². The van der Waals surface area contributed by atoms with Crippen LogP contribution in [0.15, 0.2) is 36.5 Å². The Morgan fingerprint density at radius 2 is 2.10 bits per heavy atom. The number of aromatic nitrogens is 1. The maximum atomic E-state index is 13.8. The lowest BCUT2D eigenvalue weighted by molar-refractivity contribution is -0.129. The molecule has 2 fully saturated rings. The highest BCUT2D eigenvalue weighted by atomic mass is 19.1. The second kappa shape index (κ2) is 9.00. The van der Waals surface area contributed by atoms with E-state index in [1.807, 2.05) is 23.1 Å². The lowest BCUT2D eigenvalue weighted by atomic mass is 10.0. The predicted molar refractivity (Wildman–Crippen MR) is 111 cm³/mol. The molecule has 0 radical (unpaired) electrons. The number of nitrogens with zero attached hydrogens (tertiary/aromatic N) is 2. The lowest BCUT2D eigenvalue weighted by Gasteiger charge is -2.32. The van der Waals surface area contributed by atoms with Crippen molar-refractivity contribution in [2.24, 2.45) is 0 Å². The van der Waals surface area contributed by atoms with Gasteiger partial charge in [-0.3, -0.25) is 4.79 Å². The Kier molecular flexibility index (Phi) is 6.18. The second-order valence-electron chi connectivity index (χ2n) is 8.04. The van der Waals surface area contributed by atoms with Gasteiger partial charge in [-0.15, -0.1) is 0 Å². The molecule has 1 aromatic carbocycles. The molecule has 2 atom stereocenters. The van der Waals surface area contributed by atoms with Gasteiger partial charge in [-0.1, -0.05) is 0 Å². The minimum atomic E-state index is -0.504. The summed E-state index contributed by atoms with van der Waals surface area (Å²) in [5, 5.41) is 3.74. The number of carbonyl (C=O) groups is 1. The van der Waals surface area contributed by atoms with E-state index in [2.05, 4.69) is 10.3 Å². The quantitative estimate of drug-likeness (QED) is 0.706. The number of halogens is 1. The Bertz CT molecular complexity index is 899. The molecule has 1 N–H and O–H groups in total. The number of hydrogen-bond acceptors (Lipinski definition) is 5. The van der Waals surface area contributed by atoms with E-state index in [1.54, 1.807) is 26.2 Å². The molecule has 2 heterocycles. The smallest absolute Gasteiger partial charge is 0.219 e. The van der Waals surface area contributed by atoms with Crippen LogP contribution in [0.25, 0.3) is 0 Å². The van der Waals surface area contributed by atoms with Crippen LogP contribution in [-0.4, -0.2) is 48.1 Å². The average molecular weight is 413 g/mol. The highest BCUT2D eigenvalue weighted by Crippen LogP contribution is 2.46. The van der Waals surface area contributed by atoms with Crippen LogP contribution in [-0.2, 0) is 11.4 Å². The summed E-state index contributed by atoms with van der Waals surface area (Å²) in [6.45, 7) is 3.39. The molecule has 30 heavy (non-hydrogen) atoms. The summed E-state index contributed by atoms with van der Waals surface area (Å²) in [5.41, 5.74) is 1.51. The van der Waals surface area contributed by atoms with Crippen molar-refractivity contribution in [3.63, 3.8) is 0 Å². The molecular weight excluding hydrogens is 385 g/mol. The summed E-state index contributed by atoms with van der Waals surface area (Å²) in [7, 11) is 1.65. The monoisotopic (exact) mass is 413 g/mol. The van der Waals surface area contributed by atoms with E-state index in [0.717, 1.165) is 49.4 Å². The van der Waals surface area contributed by atoms with E-state index in [0.29, 0.717) is 23.6 Å². The molecule has 2 aliphatic rings. The van der Waals surface area contributed by atoms with Crippen molar-refractivity contribution in [2.75, 3.05) is 20.2 Å². The Morgan fingerprint density at radius 1 is 1.30 bits per heavy atom. The molecule has 1 saturated carbocycles. The van der Waals surface area contributed by atoms with Gasteiger partial charge in [-0.25, -0.2) is 4.98 Å². The van der Waals surface area contributed by atoms with Gasteiger partial charge in [0.1, 0.15) is 18.1 Å². The summed E-state index contributed by atoms with van der Waals surface area (Å²) in [5.74, 6) is 1.51. The number of benzene rings is 1. The van der Waals surface area contributed by atoms with Gasteiger partial charge >= 0.3 is 0 Å². The van der Waals surface area contributed by atoms with Gasteiger partial charge in [0.15, 0.2) is 0 Å². The third-order valence-corrected chi connectivity index (χ3v) is 6.02. The maximum absolute atomic E-state index is 13.8. The Hall–Kier alpha value is -2.67. The van der Waals surface area contributed by atoms with E-state index < -0.39 is 5.95 Å². The van der Waals surface area contributed by atoms with Crippen molar-refractivity contribution < 1.29 is 18.7 Å². The average Bonchev–Trinajstić information content (AvgIpc) is 3.52. The first-order chi connectivity index (χ1) is 14.5. The van der Waals surface area contributed by atoms with Gasteiger partial charge in [-0.2, -0.15) is 4.39 Å². The van der Waals surface area contributed by atoms with Crippen molar-refractivity contribution >= 4 is 5.91 Å². The van der Waals surface area contributed by atoms with Gasteiger partial charge in [-0.05, 0) is 49.6 Å². The topological polar surface area (TPSA) is 63.7 Å². The maximum Gasteiger partial charge on any atom is 0.219 e. The van der Waals surface area contributed by atoms with E-state index in [4.69, 9.17) is 9.47 Å². The van der Waals surface area contributed by atoms with Crippen LogP contribution >= 0.6 is 0 Å². The molecule has 6 nitrogen and oxygen atoms in total. The van der Waals surface area contributed by atoms with Gasteiger partial charge in [0.2, 0.25) is 11.9 Å². The number of rotatable bonds is 7. The highest BCUT2D eigenvalue weighted by molar-refractivity contribution is 5.73. The van der Waals surface area contributed by atoms with Crippen LogP contribution in [0.2, 0.25) is 0 Å². The molecule has 2 aromatic rings. The Labute approximate surface area is 176 Å². The number of nitrogens with one attached hydrogen (secondary N) is 1.